The summed E-state index contributed by atoms with van der Waals surface area (Å²) in [5.74, 6) is 2.56. The van der Waals surface area contributed by atoms with Crippen LogP contribution in [-0.2, 0) is 0 Å². The quantitative estimate of drug-likeness (QED) is 0.828. The van der Waals surface area contributed by atoms with Gasteiger partial charge in [0.15, 0.2) is 0 Å². The molecule has 1 saturated carbocycles. The average molecular weight is 221 g/mol. The minimum absolute atomic E-state index is 0.380. The Morgan fingerprint density at radius 1 is 1.25 bits per heavy atom. The topological polar surface area (TPSA) is 30.5 Å². The molecule has 3 nitrogen and oxygen atoms in total. The van der Waals surface area contributed by atoms with Crippen molar-refractivity contribution in [2.45, 2.75) is 18.9 Å². The lowest BCUT2D eigenvalue weighted by Gasteiger charge is -2.19. The molecule has 1 aromatic carbocycles. The second-order valence-corrected chi connectivity index (χ2v) is 4.21. The SMILES string of the molecule is CNC(c1cc(OC)ccc1OC)C1CC1. The van der Waals surface area contributed by atoms with E-state index in [4.69, 9.17) is 9.47 Å². The Morgan fingerprint density at radius 2 is 2.00 bits per heavy atom. The first kappa shape index (κ1) is 11.3. The monoisotopic (exact) mass is 221 g/mol. The van der Waals surface area contributed by atoms with Crippen molar-refractivity contribution >= 4 is 0 Å². The van der Waals surface area contributed by atoms with Crippen LogP contribution < -0.4 is 14.8 Å². The van der Waals surface area contributed by atoms with E-state index < -0.39 is 0 Å². The average Bonchev–Trinajstić information content (AvgIpc) is 3.14. The van der Waals surface area contributed by atoms with E-state index in [2.05, 4.69) is 11.4 Å². The third kappa shape index (κ3) is 2.14. The number of ether oxygens (including phenoxy) is 2. The number of methoxy groups -OCH3 is 2. The van der Waals surface area contributed by atoms with Gasteiger partial charge in [0.2, 0.25) is 0 Å². The van der Waals surface area contributed by atoms with Gasteiger partial charge in [0.05, 0.1) is 14.2 Å². The highest BCUT2D eigenvalue weighted by Gasteiger charge is 2.33. The first-order valence-electron chi connectivity index (χ1n) is 5.69. The van der Waals surface area contributed by atoms with Gasteiger partial charge in [0.1, 0.15) is 11.5 Å². The molecule has 0 radical (unpaired) electrons. The van der Waals surface area contributed by atoms with Crippen LogP contribution in [0, 0.1) is 5.92 Å². The summed E-state index contributed by atoms with van der Waals surface area (Å²) >= 11 is 0. The Kier molecular flexibility index (Phi) is 3.34. The van der Waals surface area contributed by atoms with Crippen LogP contribution in [0.4, 0.5) is 0 Å². The second kappa shape index (κ2) is 4.74. The first-order valence-corrected chi connectivity index (χ1v) is 5.69. The maximum Gasteiger partial charge on any atom is 0.123 e. The molecule has 16 heavy (non-hydrogen) atoms. The molecule has 1 N–H and O–H groups in total. The molecule has 0 saturated heterocycles. The lowest BCUT2D eigenvalue weighted by Crippen LogP contribution is -2.19. The molecule has 0 spiro atoms. The summed E-state index contributed by atoms with van der Waals surface area (Å²) < 4.78 is 10.7. The molecule has 88 valence electrons. The molecule has 1 aromatic rings. The van der Waals surface area contributed by atoms with Crippen LogP contribution in [-0.4, -0.2) is 21.3 Å². The van der Waals surface area contributed by atoms with Crippen molar-refractivity contribution in [3.63, 3.8) is 0 Å². The third-order valence-corrected chi connectivity index (χ3v) is 3.18. The molecule has 0 heterocycles. The zero-order valence-corrected chi connectivity index (χ0v) is 10.1. The van der Waals surface area contributed by atoms with Crippen molar-refractivity contribution in [2.24, 2.45) is 5.92 Å². The van der Waals surface area contributed by atoms with Gasteiger partial charge >= 0.3 is 0 Å². The fourth-order valence-corrected chi connectivity index (χ4v) is 2.16. The van der Waals surface area contributed by atoms with Crippen LogP contribution in [0.1, 0.15) is 24.4 Å². The summed E-state index contributed by atoms with van der Waals surface area (Å²) in [6.07, 6.45) is 2.59. The molecule has 1 atom stereocenters. The predicted octanol–water partition coefficient (Wildman–Crippen LogP) is 2.37. The molecule has 1 fully saturated rings. The van der Waals surface area contributed by atoms with Crippen LogP contribution >= 0.6 is 0 Å². The Bertz CT molecular complexity index is 361. The van der Waals surface area contributed by atoms with Crippen molar-refractivity contribution in [3.8, 4) is 11.5 Å². The number of nitrogens with one attached hydrogen (secondary N) is 1. The largest absolute Gasteiger partial charge is 0.497 e. The summed E-state index contributed by atoms with van der Waals surface area (Å²) in [6.45, 7) is 0. The standard InChI is InChI=1S/C13H19NO2/c1-14-13(9-4-5-9)11-8-10(15-2)6-7-12(11)16-3/h6-9,13-14H,4-5H2,1-3H3. The molecule has 1 unspecified atom stereocenters. The molecular formula is C13H19NO2. The van der Waals surface area contributed by atoms with Crippen molar-refractivity contribution in [3.05, 3.63) is 23.8 Å². The third-order valence-electron chi connectivity index (χ3n) is 3.18. The molecule has 0 aliphatic heterocycles. The van der Waals surface area contributed by atoms with Crippen molar-refractivity contribution in [1.29, 1.82) is 0 Å². The van der Waals surface area contributed by atoms with Crippen LogP contribution in [0.2, 0.25) is 0 Å². The molecule has 3 heteroatoms. The highest BCUT2D eigenvalue weighted by atomic mass is 16.5. The fraction of sp³-hybridized carbons (Fsp3) is 0.538. The Hall–Kier alpha value is -1.22. The maximum absolute atomic E-state index is 5.41. The number of hydrogen-bond acceptors (Lipinski definition) is 3. The van der Waals surface area contributed by atoms with Crippen LogP contribution in [0.5, 0.6) is 11.5 Å². The minimum atomic E-state index is 0.380. The van der Waals surface area contributed by atoms with Gasteiger partial charge in [-0.3, -0.25) is 0 Å². The van der Waals surface area contributed by atoms with Gasteiger partial charge in [-0.2, -0.15) is 0 Å². The minimum Gasteiger partial charge on any atom is -0.497 e. The lowest BCUT2D eigenvalue weighted by atomic mass is 10.0. The summed E-state index contributed by atoms with van der Waals surface area (Å²) in [5.41, 5.74) is 1.20. The van der Waals surface area contributed by atoms with E-state index in [0.29, 0.717) is 6.04 Å². The van der Waals surface area contributed by atoms with Gasteiger partial charge < -0.3 is 14.8 Å². The van der Waals surface area contributed by atoms with E-state index in [0.717, 1.165) is 17.4 Å². The van der Waals surface area contributed by atoms with E-state index in [1.54, 1.807) is 14.2 Å². The van der Waals surface area contributed by atoms with Gasteiger partial charge in [-0.1, -0.05) is 0 Å². The summed E-state index contributed by atoms with van der Waals surface area (Å²) in [5, 5.41) is 3.37. The van der Waals surface area contributed by atoms with E-state index >= 15 is 0 Å². The molecule has 2 rings (SSSR count). The van der Waals surface area contributed by atoms with Crippen molar-refractivity contribution < 1.29 is 9.47 Å². The van der Waals surface area contributed by atoms with E-state index in [9.17, 15) is 0 Å². The van der Waals surface area contributed by atoms with Gasteiger partial charge in [0, 0.05) is 11.6 Å². The molecular weight excluding hydrogens is 202 g/mol. The van der Waals surface area contributed by atoms with Gasteiger partial charge in [-0.15, -0.1) is 0 Å². The number of benzene rings is 1. The molecule has 0 aromatic heterocycles. The maximum atomic E-state index is 5.41. The lowest BCUT2D eigenvalue weighted by molar-refractivity contribution is 0.387. The highest BCUT2D eigenvalue weighted by molar-refractivity contribution is 5.43. The predicted molar refractivity (Wildman–Crippen MR) is 64.1 cm³/mol. The summed E-state index contributed by atoms with van der Waals surface area (Å²) in [7, 11) is 5.41. The molecule has 1 aliphatic rings. The number of rotatable bonds is 5. The van der Waals surface area contributed by atoms with Gasteiger partial charge in [-0.05, 0) is 44.0 Å². The highest BCUT2D eigenvalue weighted by Crippen LogP contribution is 2.44. The molecule has 0 bridgehead atoms. The van der Waals surface area contributed by atoms with Gasteiger partial charge in [0.25, 0.3) is 0 Å². The smallest absolute Gasteiger partial charge is 0.123 e. The van der Waals surface area contributed by atoms with Crippen LogP contribution in [0.25, 0.3) is 0 Å². The van der Waals surface area contributed by atoms with E-state index in [-0.39, 0.29) is 0 Å². The van der Waals surface area contributed by atoms with E-state index in [1.807, 2.05) is 19.2 Å². The zero-order valence-electron chi connectivity index (χ0n) is 10.1. The molecule has 0 amide bonds. The number of hydrogen-bond donors (Lipinski definition) is 1. The first-order chi connectivity index (χ1) is 7.80. The van der Waals surface area contributed by atoms with Crippen molar-refractivity contribution in [1.82, 2.24) is 5.32 Å². The Morgan fingerprint density at radius 3 is 2.50 bits per heavy atom. The van der Waals surface area contributed by atoms with Crippen LogP contribution in [0.15, 0.2) is 18.2 Å². The second-order valence-electron chi connectivity index (χ2n) is 4.21. The normalized spacial score (nSPS) is 16.9. The van der Waals surface area contributed by atoms with E-state index in [1.165, 1.54) is 18.4 Å². The Labute approximate surface area is 96.8 Å². The summed E-state index contributed by atoms with van der Waals surface area (Å²) in [4.78, 5) is 0. The molecule has 1 aliphatic carbocycles. The van der Waals surface area contributed by atoms with Crippen LogP contribution in [0.3, 0.4) is 0 Å². The Balaban J connectivity index is 2.34. The van der Waals surface area contributed by atoms with Crippen molar-refractivity contribution in [2.75, 3.05) is 21.3 Å². The fourth-order valence-electron chi connectivity index (χ4n) is 2.16. The zero-order chi connectivity index (χ0) is 11.5. The summed E-state index contributed by atoms with van der Waals surface area (Å²) in [6, 6.07) is 6.35. The van der Waals surface area contributed by atoms with Gasteiger partial charge in [-0.25, -0.2) is 0 Å².